The number of nitrogens with one attached hydrogen (secondary N) is 3. The molecule has 0 aliphatic carbocycles. The summed E-state index contributed by atoms with van der Waals surface area (Å²) in [5, 5.41) is 2.60. The number of benzene rings is 1. The highest BCUT2D eigenvalue weighted by Gasteiger charge is 2.24. The highest BCUT2D eigenvalue weighted by molar-refractivity contribution is 7.90. The van der Waals surface area contributed by atoms with Gasteiger partial charge in [-0.25, -0.2) is 22.7 Å². The maximum atomic E-state index is 12.4. The Labute approximate surface area is 167 Å². The molecule has 2 aromatic rings. The maximum Gasteiger partial charge on any atom is 0.333 e. The molecule has 0 saturated heterocycles. The first-order chi connectivity index (χ1) is 12.9. The van der Waals surface area contributed by atoms with Crippen molar-refractivity contribution in [1.82, 2.24) is 14.3 Å². The number of nitrogens with zero attached hydrogens (tertiary/aromatic N) is 1. The van der Waals surface area contributed by atoms with Crippen LogP contribution in [0.4, 0.5) is 10.5 Å². The van der Waals surface area contributed by atoms with E-state index >= 15 is 0 Å². The van der Waals surface area contributed by atoms with Crippen LogP contribution in [-0.4, -0.2) is 24.0 Å². The van der Waals surface area contributed by atoms with E-state index in [1.54, 1.807) is 0 Å². The number of aryl methyl sites for hydroxylation is 1. The Morgan fingerprint density at radius 2 is 1.64 bits per heavy atom. The van der Waals surface area contributed by atoms with Crippen LogP contribution in [0.2, 0.25) is 0 Å². The van der Waals surface area contributed by atoms with Gasteiger partial charge in [0.1, 0.15) is 0 Å². The van der Waals surface area contributed by atoms with E-state index in [1.165, 1.54) is 7.05 Å². The highest BCUT2D eigenvalue weighted by Crippen LogP contribution is 2.32. The normalized spacial score (nSPS) is 11.7. The van der Waals surface area contributed by atoms with Gasteiger partial charge in [-0.15, -0.1) is 0 Å². The summed E-state index contributed by atoms with van der Waals surface area (Å²) < 4.78 is 27.6. The first-order valence-corrected chi connectivity index (χ1v) is 10.2. The molecule has 1 aromatic carbocycles. The third kappa shape index (κ3) is 4.50. The molecule has 0 saturated carbocycles. The molecule has 3 N–H and O–H groups in total. The number of hydrogen-bond donors (Lipinski definition) is 3. The van der Waals surface area contributed by atoms with Gasteiger partial charge in [0.15, 0.2) is 4.90 Å². The number of rotatable bonds is 5. The molecule has 2 rings (SSSR count). The number of urea groups is 1. The second-order valence-electron chi connectivity index (χ2n) is 7.04. The predicted molar refractivity (Wildman–Crippen MR) is 113 cm³/mol. The molecule has 0 atom stereocenters. The number of hydrogen-bond acceptors (Lipinski definition) is 5. The molecule has 1 aromatic heterocycles. The summed E-state index contributed by atoms with van der Waals surface area (Å²) >= 11 is 0. The largest absolute Gasteiger partial charge is 0.333 e. The average Bonchev–Trinajstić information content (AvgIpc) is 2.57. The van der Waals surface area contributed by atoms with Crippen LogP contribution < -0.4 is 21.3 Å². The predicted octanol–water partition coefficient (Wildman–Crippen LogP) is 2.57. The molecule has 28 heavy (non-hydrogen) atoms. The summed E-state index contributed by atoms with van der Waals surface area (Å²) in [6, 6.07) is 4.61. The molecule has 0 spiro atoms. The van der Waals surface area contributed by atoms with Crippen molar-refractivity contribution < 1.29 is 17.5 Å². The molecule has 0 bridgehead atoms. The van der Waals surface area contributed by atoms with Gasteiger partial charge in [-0.1, -0.05) is 45.9 Å². The van der Waals surface area contributed by atoms with Gasteiger partial charge in [0.25, 0.3) is 15.6 Å². The molecule has 0 unspecified atom stereocenters. The zero-order valence-corrected chi connectivity index (χ0v) is 17.2. The first-order valence-electron chi connectivity index (χ1n) is 8.70. The summed E-state index contributed by atoms with van der Waals surface area (Å²) in [4.78, 5) is 36.8. The number of sulfonamides is 1. The zero-order chi connectivity index (χ0) is 21.2. The van der Waals surface area contributed by atoms with Crippen LogP contribution >= 0.6 is 0 Å². The summed E-state index contributed by atoms with van der Waals surface area (Å²) in [5.41, 5.74) is 0.390. The minimum Gasteiger partial charge on any atom is -0.307 e. The lowest BCUT2D eigenvalue weighted by atomic mass is 9.93. The Hall–Kier alpha value is -2.88. The average molecular weight is 415 g/mol. The molecule has 2 amide bonds. The number of anilines is 1. The summed E-state index contributed by atoms with van der Waals surface area (Å²) in [5.74, 6) is 0.189. The summed E-state index contributed by atoms with van der Waals surface area (Å²) in [6.45, 7) is 7.85. The van der Waals surface area contributed by atoms with Crippen molar-refractivity contribution in [2.75, 3.05) is 5.32 Å². The van der Waals surface area contributed by atoms with Crippen LogP contribution in [0.15, 0.2) is 38.9 Å². The lowest BCUT2D eigenvalue weighted by molar-refractivity contribution is 0.256. The number of carbonyl (C=O) groups is 1. The standard InChI is InChI=1S/C18H24N4O5S.3H2/c1-10(2)12-7-6-8-13(11(3)4)15(12)19-17(24)21-28(26,27)14-9-22(5)18(25)20-16(14)23;;;/h6-11H,1-5H3,(H2,19,21,24)(H,20,23,25);3*1H. The van der Waals surface area contributed by atoms with E-state index in [1.807, 2.05) is 55.6 Å². The SMILES string of the molecule is CC(C)c1cccc(C(C)C)c1NC(=O)NS(=O)(=O)c1cn(C)c(=O)[nH]c1=O.[HH].[HH].[HH]. The van der Waals surface area contributed by atoms with Gasteiger partial charge in [-0.05, 0) is 23.0 Å². The van der Waals surface area contributed by atoms with Crippen LogP contribution in [0, 0.1) is 0 Å². The van der Waals surface area contributed by atoms with Gasteiger partial charge in [0, 0.05) is 23.2 Å². The number of amides is 2. The van der Waals surface area contributed by atoms with Gasteiger partial charge >= 0.3 is 11.7 Å². The second-order valence-corrected chi connectivity index (χ2v) is 8.69. The lowest BCUT2D eigenvalue weighted by Crippen LogP contribution is -2.40. The molecule has 0 aliphatic heterocycles. The second kappa shape index (κ2) is 8.01. The first kappa shape index (κ1) is 21.4. The van der Waals surface area contributed by atoms with E-state index < -0.39 is 32.2 Å². The van der Waals surface area contributed by atoms with Crippen molar-refractivity contribution in [2.24, 2.45) is 7.05 Å². The van der Waals surface area contributed by atoms with Gasteiger partial charge in [-0.2, -0.15) is 0 Å². The van der Waals surface area contributed by atoms with Gasteiger partial charge in [0.2, 0.25) is 0 Å². The Morgan fingerprint density at radius 3 is 2.14 bits per heavy atom. The molecule has 0 fully saturated rings. The quantitative estimate of drug-likeness (QED) is 0.692. The number of aromatic amines is 1. The third-order valence-corrected chi connectivity index (χ3v) is 5.53. The van der Waals surface area contributed by atoms with E-state index in [0.29, 0.717) is 5.69 Å². The zero-order valence-electron chi connectivity index (χ0n) is 16.4. The minimum absolute atomic E-state index is 0. The highest BCUT2D eigenvalue weighted by atomic mass is 32.2. The molecule has 10 heteroatoms. The van der Waals surface area contributed by atoms with Crippen molar-refractivity contribution >= 4 is 21.7 Å². The Bertz CT molecular complexity index is 1100. The molecule has 0 aliphatic rings. The maximum absolute atomic E-state index is 12.4. The van der Waals surface area contributed by atoms with E-state index in [4.69, 9.17) is 0 Å². The van der Waals surface area contributed by atoms with Gasteiger partial charge in [-0.3, -0.25) is 9.78 Å². The van der Waals surface area contributed by atoms with E-state index in [-0.39, 0.29) is 16.1 Å². The van der Waals surface area contributed by atoms with Gasteiger partial charge < -0.3 is 9.88 Å². The summed E-state index contributed by atoms with van der Waals surface area (Å²) in [6.07, 6.45) is 0.860. The van der Waals surface area contributed by atoms with Crippen molar-refractivity contribution in [3.8, 4) is 0 Å². The van der Waals surface area contributed by atoms with E-state index in [9.17, 15) is 22.8 Å². The Morgan fingerprint density at radius 1 is 1.11 bits per heavy atom. The number of carbonyl (C=O) groups excluding carboxylic acids is 1. The fourth-order valence-corrected chi connectivity index (χ4v) is 3.74. The van der Waals surface area contributed by atoms with Crippen LogP contribution in [0.5, 0.6) is 0 Å². The monoisotopic (exact) mass is 414 g/mol. The van der Waals surface area contributed by atoms with Crippen LogP contribution in [0.3, 0.4) is 0 Å². The topological polar surface area (TPSA) is 130 Å². The van der Waals surface area contributed by atoms with Crippen molar-refractivity contribution in [3.05, 3.63) is 56.4 Å². The fourth-order valence-electron chi connectivity index (χ4n) is 2.74. The van der Waals surface area contributed by atoms with Gasteiger partial charge in [0.05, 0.1) is 0 Å². The number of para-hydroxylation sites is 1. The minimum atomic E-state index is -4.48. The van der Waals surface area contributed by atoms with Crippen LogP contribution in [0.25, 0.3) is 0 Å². The molecule has 1 heterocycles. The van der Waals surface area contributed by atoms with Crippen molar-refractivity contribution in [3.63, 3.8) is 0 Å². The smallest absolute Gasteiger partial charge is 0.307 e. The van der Waals surface area contributed by atoms with Crippen LogP contribution in [-0.2, 0) is 17.1 Å². The van der Waals surface area contributed by atoms with E-state index in [0.717, 1.165) is 21.9 Å². The molecule has 158 valence electrons. The molecule has 9 nitrogen and oxygen atoms in total. The van der Waals surface area contributed by atoms with Crippen molar-refractivity contribution in [1.29, 1.82) is 0 Å². The lowest BCUT2D eigenvalue weighted by Gasteiger charge is -2.20. The Kier molecular flexibility index (Phi) is 6.13. The molecular weight excluding hydrogens is 384 g/mol. The van der Waals surface area contributed by atoms with Crippen LogP contribution in [0.1, 0.15) is 54.9 Å². The summed E-state index contributed by atoms with van der Waals surface area (Å²) in [7, 11) is -3.20. The molecule has 0 radical (unpaired) electrons. The Balaban J connectivity index is 0. The number of aromatic nitrogens is 2. The van der Waals surface area contributed by atoms with Crippen molar-refractivity contribution in [2.45, 2.75) is 44.4 Å². The molecular formula is C18H30N4O5S. The fraction of sp³-hybridized carbons (Fsp3) is 0.389. The number of H-pyrrole nitrogens is 1. The third-order valence-electron chi connectivity index (χ3n) is 4.20. The van der Waals surface area contributed by atoms with E-state index in [2.05, 4.69) is 5.32 Å².